The maximum atomic E-state index is 11.1. The maximum absolute atomic E-state index is 11.1. The molecule has 4 N–H and O–H groups in total. The fourth-order valence-electron chi connectivity index (χ4n) is 1.19. The molecule has 8 nitrogen and oxygen atoms in total. The quantitative estimate of drug-likeness (QED) is 0.828. The van der Waals surface area contributed by atoms with Gasteiger partial charge < -0.3 is 8.83 Å². The van der Waals surface area contributed by atoms with Crippen molar-refractivity contribution in [3.63, 3.8) is 0 Å². The maximum Gasteiger partial charge on any atom is 0.271 e. The molecule has 132 valence electrons. The van der Waals surface area contributed by atoms with E-state index in [0.717, 1.165) is 5.57 Å². The molecule has 10 heteroatoms. The van der Waals surface area contributed by atoms with Crippen LogP contribution in [0, 0.1) is 0 Å². The van der Waals surface area contributed by atoms with E-state index >= 15 is 0 Å². The van der Waals surface area contributed by atoms with Crippen LogP contribution in [-0.4, -0.2) is 16.8 Å². The topological polar surface area (TPSA) is 147 Å². The Morgan fingerprint density at radius 3 is 2.12 bits per heavy atom. The van der Waals surface area contributed by atoms with Crippen molar-refractivity contribution in [2.75, 3.05) is 0 Å². The Labute approximate surface area is 149 Å². The molecule has 0 saturated heterocycles. The van der Waals surface area contributed by atoms with Crippen LogP contribution in [0.1, 0.15) is 33.2 Å². The predicted molar refractivity (Wildman–Crippen MR) is 89.6 cm³/mol. The van der Waals surface area contributed by atoms with Crippen LogP contribution < -0.4 is 10.3 Å². The van der Waals surface area contributed by atoms with Crippen molar-refractivity contribution in [2.45, 2.75) is 24.0 Å². The first-order valence-corrected chi connectivity index (χ1v) is 9.00. The van der Waals surface area contributed by atoms with E-state index in [4.69, 9.17) is 22.9 Å². The summed E-state index contributed by atoms with van der Waals surface area (Å²) in [4.78, 5) is 0. The van der Waals surface area contributed by atoms with Crippen molar-refractivity contribution in [1.82, 2.24) is 0 Å². The summed E-state index contributed by atoms with van der Waals surface area (Å²) in [5.41, 5.74) is 0.227. The van der Waals surface area contributed by atoms with Gasteiger partial charge in [-0.25, -0.2) is 27.1 Å². The summed E-state index contributed by atoms with van der Waals surface area (Å²) in [6.07, 6.45) is 0.489. The molecule has 0 spiro atoms. The highest BCUT2D eigenvalue weighted by Crippen LogP contribution is 2.18. The zero-order valence-electron chi connectivity index (χ0n) is 18.4. The van der Waals surface area contributed by atoms with Gasteiger partial charge in [-0.05, 0) is 24.9 Å². The average molecular weight is 380 g/mol. The van der Waals surface area contributed by atoms with Gasteiger partial charge in [-0.2, -0.15) is 0 Å². The molecule has 0 aliphatic carbocycles. The molecule has 0 aliphatic rings. The van der Waals surface area contributed by atoms with Gasteiger partial charge in [-0.3, -0.25) is 0 Å². The van der Waals surface area contributed by atoms with Gasteiger partial charge in [0, 0.05) is 26.0 Å². The number of hydrogen-bond donors (Lipinski definition) is 2. The Bertz CT molecular complexity index is 1190. The summed E-state index contributed by atoms with van der Waals surface area (Å²) in [5, 5.41) is 8.36. The first kappa shape index (κ1) is 12.3. The Balaban J connectivity index is 0.000000325. The Hall–Kier alpha value is -2.14. The average Bonchev–Trinajstić information content (AvgIpc) is 3.15. The van der Waals surface area contributed by atoms with Crippen molar-refractivity contribution < 1.29 is 33.9 Å². The number of sulfonamides is 2. The van der Waals surface area contributed by atoms with Crippen molar-refractivity contribution in [3.05, 3.63) is 48.8 Å². The molecule has 0 fully saturated rings. The van der Waals surface area contributed by atoms with Crippen LogP contribution in [0.3, 0.4) is 0 Å². The molecule has 2 aromatic heterocycles. The molecule has 0 amide bonds. The van der Waals surface area contributed by atoms with E-state index in [1.165, 1.54) is 12.3 Å². The highest BCUT2D eigenvalue weighted by Gasteiger charge is 2.13. The monoisotopic (exact) mass is 380 g/mol. The largest absolute Gasteiger partial charge is 0.451 e. The molecule has 0 atom stereocenters. The fourth-order valence-corrected chi connectivity index (χ4v) is 2.07. The van der Waals surface area contributed by atoms with Gasteiger partial charge in [0.15, 0.2) is 0 Å². The number of rotatable bonds is 4. The van der Waals surface area contributed by atoms with Crippen LogP contribution in [-0.2, 0) is 20.0 Å². The minimum absolute atomic E-state index is 0.236. The Kier molecular flexibility index (Phi) is 3.66. The number of primary sulfonamides is 2. The van der Waals surface area contributed by atoms with Gasteiger partial charge in [0.2, 0.25) is 10.2 Å². The van der Waals surface area contributed by atoms with Crippen molar-refractivity contribution in [1.29, 1.82) is 0 Å². The summed E-state index contributed by atoms with van der Waals surface area (Å²) in [6, 6.07) is 0.525. The molecule has 2 aromatic rings. The smallest absolute Gasteiger partial charge is 0.271 e. The lowest BCUT2D eigenvalue weighted by atomic mass is 10.2. The third-order valence-corrected chi connectivity index (χ3v) is 3.83. The van der Waals surface area contributed by atoms with Crippen LogP contribution in [0.15, 0.2) is 56.7 Å². The van der Waals surface area contributed by atoms with Gasteiger partial charge in [0.05, 0.1) is 16.6 Å². The highest BCUT2D eigenvalue weighted by atomic mass is 32.2. The van der Waals surface area contributed by atoms with Crippen LogP contribution in [0.25, 0.3) is 11.1 Å². The van der Waals surface area contributed by atoms with Gasteiger partial charge >= 0.3 is 0 Å². The highest BCUT2D eigenvalue weighted by molar-refractivity contribution is 7.89. The minimum atomic E-state index is -4.36. The molecule has 2 heterocycles. The second-order valence-electron chi connectivity index (χ2n) is 4.43. The molecule has 0 unspecified atom stereocenters. The van der Waals surface area contributed by atoms with Gasteiger partial charge in [0.1, 0.15) is 1.37 Å². The number of allylic oxidation sites excluding steroid dienone is 2. The first-order chi connectivity index (χ1) is 13.5. The van der Waals surface area contributed by atoms with Crippen molar-refractivity contribution >= 4 is 31.2 Å². The van der Waals surface area contributed by atoms with E-state index < -0.39 is 62.0 Å². The van der Waals surface area contributed by atoms with E-state index in [2.05, 4.69) is 11.0 Å². The van der Waals surface area contributed by atoms with Crippen LogP contribution in [0.5, 0.6) is 0 Å². The summed E-state index contributed by atoms with van der Waals surface area (Å²) < 4.78 is 96.1. The standard InChI is InChI=1S/2C7H9NO3S/c2*1-5(2)6-3-7(11-4-6)12(8,9)10/h2*3-4H,1H2,2H3,(H2,8,9,10)/i1D2,2D2,3D,4D;. The zero-order chi connectivity index (χ0) is 23.6. The molecule has 2 rings (SSSR count). The van der Waals surface area contributed by atoms with E-state index in [1.807, 2.05) is 0 Å². The van der Waals surface area contributed by atoms with Crippen LogP contribution >= 0.6 is 0 Å². The summed E-state index contributed by atoms with van der Waals surface area (Å²) >= 11 is 0. The molecular formula is C14H18N2O6S2. The normalized spacial score (nSPS) is 15.0. The van der Waals surface area contributed by atoms with Crippen LogP contribution in [0.2, 0.25) is 0 Å². The van der Waals surface area contributed by atoms with Gasteiger partial charge in [-0.15, -0.1) is 0 Å². The van der Waals surface area contributed by atoms with E-state index in [1.54, 1.807) is 6.92 Å². The second-order valence-corrected chi connectivity index (χ2v) is 7.38. The van der Waals surface area contributed by atoms with E-state index in [9.17, 15) is 16.8 Å². The van der Waals surface area contributed by atoms with Crippen LogP contribution in [0.4, 0.5) is 0 Å². The Morgan fingerprint density at radius 1 is 1.17 bits per heavy atom. The third-order valence-electron chi connectivity index (χ3n) is 2.35. The second kappa shape index (κ2) is 7.18. The number of nitrogens with two attached hydrogens (primary N) is 2. The molecule has 0 bridgehead atoms. The summed E-state index contributed by atoms with van der Waals surface area (Å²) in [6.45, 7) is 2.58. The SMILES string of the molecule is C=C(C)c1coc(S(N)(=O)=O)c1.[2H]C([2H])=C(c1c([2H])oc(S(N)(=O)=O)c1[2H])C([2H])[2H]. The minimum Gasteiger partial charge on any atom is -0.451 e. The Morgan fingerprint density at radius 2 is 1.79 bits per heavy atom. The van der Waals surface area contributed by atoms with Gasteiger partial charge in [0.25, 0.3) is 20.0 Å². The lowest BCUT2D eigenvalue weighted by Gasteiger charge is -1.88. The van der Waals surface area contributed by atoms with Crippen molar-refractivity contribution in [2.24, 2.45) is 10.3 Å². The predicted octanol–water partition coefficient (Wildman–Crippen LogP) is 1.92. The van der Waals surface area contributed by atoms with E-state index in [-0.39, 0.29) is 5.09 Å². The van der Waals surface area contributed by atoms with Gasteiger partial charge in [-0.1, -0.05) is 13.1 Å². The number of furan rings is 2. The molecule has 0 saturated carbocycles. The third kappa shape index (κ3) is 5.49. The molecule has 0 radical (unpaired) electrons. The first-order valence-electron chi connectivity index (χ1n) is 9.06. The summed E-state index contributed by atoms with van der Waals surface area (Å²) in [5.74, 6) is 0. The molecular weight excluding hydrogens is 356 g/mol. The van der Waals surface area contributed by atoms with Crippen molar-refractivity contribution in [3.8, 4) is 0 Å². The lowest BCUT2D eigenvalue weighted by molar-refractivity contribution is 0.450. The zero-order valence-corrected chi connectivity index (χ0v) is 14.0. The fraction of sp³-hybridized carbons (Fsp3) is 0.143. The van der Waals surface area contributed by atoms with E-state index in [0.29, 0.717) is 5.56 Å². The molecule has 24 heavy (non-hydrogen) atoms. The lowest BCUT2D eigenvalue weighted by Crippen LogP contribution is -2.10. The molecule has 0 aromatic carbocycles. The summed E-state index contributed by atoms with van der Waals surface area (Å²) in [7, 11) is -8.09. The number of hydrogen-bond acceptors (Lipinski definition) is 6. The molecule has 0 aliphatic heterocycles.